The molecule has 1 unspecified atom stereocenters. The summed E-state index contributed by atoms with van der Waals surface area (Å²) in [4.78, 5) is 32.7. The summed E-state index contributed by atoms with van der Waals surface area (Å²) in [5.74, 6) is -3.65. The molecule has 1 aliphatic carbocycles. The third-order valence-corrected chi connectivity index (χ3v) is 13.1. The number of aromatic nitrogens is 2. The van der Waals surface area contributed by atoms with E-state index in [9.17, 15) is 23.6 Å². The average molecular weight is 615 g/mol. The summed E-state index contributed by atoms with van der Waals surface area (Å²) in [5.41, 5.74) is 4.67. The molecule has 2 fully saturated rings. The topological polar surface area (TPSA) is 114 Å². The zero-order valence-electron chi connectivity index (χ0n) is 20.1. The van der Waals surface area contributed by atoms with Gasteiger partial charge in [-0.05, 0) is 0 Å². The molecule has 3 N–H and O–H groups in total. The van der Waals surface area contributed by atoms with Gasteiger partial charge in [0.2, 0.25) is 0 Å². The summed E-state index contributed by atoms with van der Waals surface area (Å²) in [6, 6.07) is 0. The van der Waals surface area contributed by atoms with Crippen molar-refractivity contribution in [3.63, 3.8) is 0 Å². The normalized spacial score (nSPS) is 20.5. The van der Waals surface area contributed by atoms with Crippen LogP contribution in [0.2, 0.25) is 0 Å². The van der Waals surface area contributed by atoms with Gasteiger partial charge in [0.15, 0.2) is 0 Å². The molecule has 0 bridgehead atoms. The number of nitrogens with one attached hydrogen (secondary N) is 2. The van der Waals surface area contributed by atoms with Crippen molar-refractivity contribution in [3.8, 4) is 0 Å². The number of amides is 2. The van der Waals surface area contributed by atoms with Crippen molar-refractivity contribution in [2.24, 2.45) is 11.8 Å². The molecule has 2 amide bonds. The third kappa shape index (κ3) is 7.06. The van der Waals surface area contributed by atoms with Crippen LogP contribution < -0.4 is 15.8 Å². The number of hydrogen-bond acceptors (Lipinski definition) is 8. The Morgan fingerprint density at radius 1 is 1.31 bits per heavy atom. The molecule has 2 heterocycles. The predicted octanol–water partition coefficient (Wildman–Crippen LogP) is 3.19. The van der Waals surface area contributed by atoms with Crippen LogP contribution in [-0.4, -0.2) is 71.3 Å². The fourth-order valence-electron chi connectivity index (χ4n) is 4.53. The maximum absolute atomic E-state index is 15.4. The second-order valence-electron chi connectivity index (χ2n) is 9.07. The van der Waals surface area contributed by atoms with E-state index in [0.29, 0.717) is 26.5 Å². The summed E-state index contributed by atoms with van der Waals surface area (Å²) in [7, 11) is 3.93. The number of carbonyl (C=O) groups is 2. The van der Waals surface area contributed by atoms with E-state index in [1.165, 1.54) is 0 Å². The van der Waals surface area contributed by atoms with Crippen LogP contribution >= 0.6 is 20.1 Å². The Balaban J connectivity index is 1.77. The second kappa shape index (κ2) is 12.3. The second-order valence-corrected chi connectivity index (χ2v) is 15.9. The van der Waals surface area contributed by atoms with Gasteiger partial charge in [-0.25, -0.2) is 0 Å². The van der Waals surface area contributed by atoms with Crippen LogP contribution in [0, 0.1) is 17.7 Å². The van der Waals surface area contributed by atoms with E-state index >= 15 is 4.39 Å². The molecule has 1 aliphatic heterocycles. The number of hydrogen-bond donors (Lipinski definition) is 3. The van der Waals surface area contributed by atoms with E-state index in [2.05, 4.69) is 30.9 Å². The Hall–Kier alpha value is -1.94. The van der Waals surface area contributed by atoms with Crippen LogP contribution in [0.5, 0.6) is 0 Å². The fourth-order valence-corrected chi connectivity index (χ4v) is 10.1. The van der Waals surface area contributed by atoms with Crippen LogP contribution in [-0.2, 0) is 9.59 Å². The van der Waals surface area contributed by atoms with Gasteiger partial charge in [0.1, 0.15) is 0 Å². The fraction of sp³-hybridized carbons (Fsp3) is 0.714. The SMILES string of the molecule is CC1CN(c2nc(C(F)F)nc(NNC(=O)[C@H](CC3CCCC3)CN(O)C=O)c2F)CI1N(C)C. The van der Waals surface area contributed by atoms with Crippen molar-refractivity contribution < 1.29 is 28.0 Å². The maximum atomic E-state index is 15.4. The van der Waals surface area contributed by atoms with E-state index < -0.39 is 55.8 Å². The van der Waals surface area contributed by atoms with E-state index in [1.54, 1.807) is 4.90 Å². The summed E-state index contributed by atoms with van der Waals surface area (Å²) < 4.78 is 45.4. The molecular formula is C21H33F3IN7O3. The summed E-state index contributed by atoms with van der Waals surface area (Å²) in [5, 5.41) is 10.00. The molecule has 2 atom stereocenters. The number of hydrazine groups is 1. The van der Waals surface area contributed by atoms with Crippen molar-refractivity contribution >= 4 is 44.0 Å². The van der Waals surface area contributed by atoms with E-state index in [4.69, 9.17) is 0 Å². The number of hydroxylamine groups is 2. The van der Waals surface area contributed by atoms with Crippen molar-refractivity contribution in [2.75, 3.05) is 42.1 Å². The Morgan fingerprint density at radius 3 is 2.57 bits per heavy atom. The van der Waals surface area contributed by atoms with Gasteiger partial charge in [0, 0.05) is 0 Å². The monoisotopic (exact) mass is 615 g/mol. The van der Waals surface area contributed by atoms with Gasteiger partial charge in [-0.15, -0.1) is 0 Å². The first-order chi connectivity index (χ1) is 16.6. The number of carbonyl (C=O) groups excluding carboxylic acids is 2. The Kier molecular flexibility index (Phi) is 9.75. The Morgan fingerprint density at radius 2 is 2.00 bits per heavy atom. The number of anilines is 2. The van der Waals surface area contributed by atoms with Crippen molar-refractivity contribution in [1.29, 1.82) is 0 Å². The molecule has 0 aromatic carbocycles. The van der Waals surface area contributed by atoms with Crippen molar-refractivity contribution in [2.45, 2.75) is 49.4 Å². The van der Waals surface area contributed by atoms with Gasteiger partial charge < -0.3 is 0 Å². The van der Waals surface area contributed by atoms with Crippen LogP contribution in [0.4, 0.5) is 24.8 Å². The first-order valence-electron chi connectivity index (χ1n) is 11.5. The molecule has 35 heavy (non-hydrogen) atoms. The number of alkyl halides is 4. The Bertz CT molecular complexity index is 892. The molecule has 1 aromatic heterocycles. The summed E-state index contributed by atoms with van der Waals surface area (Å²) in [6.07, 6.45) is 1.59. The number of halogens is 4. The molecule has 14 heteroatoms. The molecule has 1 saturated carbocycles. The summed E-state index contributed by atoms with van der Waals surface area (Å²) in [6.45, 7) is 2.31. The molecular weight excluding hydrogens is 582 g/mol. The zero-order valence-corrected chi connectivity index (χ0v) is 22.2. The van der Waals surface area contributed by atoms with Crippen LogP contribution in [0.3, 0.4) is 0 Å². The van der Waals surface area contributed by atoms with Crippen LogP contribution in [0.1, 0.15) is 51.3 Å². The van der Waals surface area contributed by atoms with Crippen molar-refractivity contribution in [1.82, 2.24) is 23.6 Å². The first kappa shape index (κ1) is 27.6. The molecule has 10 nitrogen and oxygen atoms in total. The molecule has 0 spiro atoms. The zero-order chi connectivity index (χ0) is 25.7. The molecule has 1 saturated heterocycles. The number of rotatable bonds is 11. The van der Waals surface area contributed by atoms with Gasteiger partial charge in [0.05, 0.1) is 0 Å². The van der Waals surface area contributed by atoms with Crippen LogP contribution in [0.25, 0.3) is 0 Å². The van der Waals surface area contributed by atoms with E-state index in [1.807, 2.05) is 14.1 Å². The van der Waals surface area contributed by atoms with Crippen LogP contribution in [0.15, 0.2) is 0 Å². The number of nitrogens with zero attached hydrogens (tertiary/aromatic N) is 5. The molecule has 0 radical (unpaired) electrons. The van der Waals surface area contributed by atoms with Gasteiger partial charge in [-0.1, -0.05) is 12.8 Å². The van der Waals surface area contributed by atoms with E-state index in [-0.39, 0.29) is 24.7 Å². The Labute approximate surface area is 210 Å². The predicted molar refractivity (Wildman–Crippen MR) is 133 cm³/mol. The standard InChI is InChI=1S/C21H33F3IN7O3/c1-13-9-31(11-25(13)30(2)3)20-16(22)18(26-19(27-20)17(23)24)28-29-21(34)15(10-32(35)12-33)8-14-6-4-5-7-14/h12-15,17,35H,4-11H2,1-3H3,(H,29,34)(H,26,27,28)/t13?,15-/m1/s1. The van der Waals surface area contributed by atoms with Gasteiger partial charge >= 0.3 is 193 Å². The van der Waals surface area contributed by atoms with Gasteiger partial charge in [-0.2, -0.15) is 0 Å². The van der Waals surface area contributed by atoms with Gasteiger partial charge in [0.25, 0.3) is 0 Å². The minimum atomic E-state index is -3.03. The van der Waals surface area contributed by atoms with E-state index in [0.717, 1.165) is 25.7 Å². The first-order valence-corrected chi connectivity index (χ1v) is 15.2. The molecule has 198 valence electrons. The van der Waals surface area contributed by atoms with Crippen molar-refractivity contribution in [3.05, 3.63) is 11.6 Å². The molecule has 3 rings (SSSR count). The molecule has 2 aliphatic rings. The summed E-state index contributed by atoms with van der Waals surface area (Å²) >= 11 is -1.63. The van der Waals surface area contributed by atoms with Gasteiger partial charge in [-0.3, -0.25) is 4.79 Å². The average Bonchev–Trinajstić information content (AvgIpc) is 3.46. The third-order valence-electron chi connectivity index (χ3n) is 6.25. The quantitative estimate of drug-likeness (QED) is 0.0662. The molecule has 1 aromatic rings. The minimum absolute atomic E-state index is 0.204.